The minimum Gasteiger partial charge on any atom is -0.360 e. The summed E-state index contributed by atoms with van der Waals surface area (Å²) in [5.41, 5.74) is 3.66. The Balaban J connectivity index is 1.72. The fraction of sp³-hybridized carbons (Fsp3) is 0.385. The molecular weight excluding hydrogens is 326 g/mol. The molecule has 2 heterocycles. The molecule has 22 heavy (non-hydrogen) atoms. The van der Waals surface area contributed by atoms with Gasteiger partial charge in [0.05, 0.1) is 4.88 Å². The van der Waals surface area contributed by atoms with Crippen molar-refractivity contribution in [1.29, 1.82) is 0 Å². The number of sulfonamides is 1. The van der Waals surface area contributed by atoms with Gasteiger partial charge in [-0.05, 0) is 44.7 Å². The predicted octanol–water partition coefficient (Wildman–Crippen LogP) is 1.46. The highest BCUT2D eigenvalue weighted by molar-refractivity contribution is 7.89. The Bertz CT molecular complexity index is 795. The number of carbonyl (C=O) groups is 1. The molecule has 1 aliphatic rings. The van der Waals surface area contributed by atoms with Crippen LogP contribution in [-0.2, 0) is 22.9 Å². The lowest BCUT2D eigenvalue weighted by Gasteiger charge is -2.07. The second-order valence-electron chi connectivity index (χ2n) is 5.13. The topological polar surface area (TPSA) is 101 Å². The number of carbonyl (C=O) groups excluding carboxylic acids is 1. The summed E-state index contributed by atoms with van der Waals surface area (Å²) in [6, 6.07) is 1.83. The molecule has 2 aromatic heterocycles. The summed E-state index contributed by atoms with van der Waals surface area (Å²) in [5.74, 6) is -0.288. The van der Waals surface area contributed by atoms with Crippen LogP contribution < -0.4 is 10.3 Å². The summed E-state index contributed by atoms with van der Waals surface area (Å²) in [5, 5.41) is 3.60. The first-order valence-corrected chi connectivity index (χ1v) is 9.05. The van der Waals surface area contributed by atoms with Crippen LogP contribution in [0.4, 0.5) is 0 Å². The van der Waals surface area contributed by atoms with Crippen molar-refractivity contribution in [1.82, 2.24) is 15.4 Å². The van der Waals surface area contributed by atoms with E-state index in [1.54, 1.807) is 0 Å². The zero-order chi connectivity index (χ0) is 15.9. The third kappa shape index (κ3) is 2.67. The summed E-state index contributed by atoms with van der Waals surface area (Å²) in [4.78, 5) is 15.8. The average molecular weight is 341 g/mol. The zero-order valence-corrected chi connectivity index (χ0v) is 13.7. The molecule has 0 bridgehead atoms. The van der Waals surface area contributed by atoms with Gasteiger partial charge in [0.25, 0.3) is 15.9 Å². The van der Waals surface area contributed by atoms with Gasteiger partial charge in [-0.15, -0.1) is 16.2 Å². The number of hydrogen-bond acceptors (Lipinski definition) is 6. The minimum atomic E-state index is -3.91. The third-order valence-corrected chi connectivity index (χ3v) is 6.23. The Kier molecular flexibility index (Phi) is 3.79. The molecule has 0 unspecified atom stereocenters. The van der Waals surface area contributed by atoms with E-state index in [0.29, 0.717) is 4.88 Å². The SMILES string of the molecule is Cc1noc(C)c1S(=O)(=O)NNC(=O)c1cc2c(s1)CCC2. The summed E-state index contributed by atoms with van der Waals surface area (Å²) >= 11 is 1.41. The highest BCUT2D eigenvalue weighted by atomic mass is 32.2. The minimum absolute atomic E-state index is 0.0542. The number of fused-ring (bicyclic) bond motifs is 1. The maximum atomic E-state index is 12.2. The van der Waals surface area contributed by atoms with Crippen molar-refractivity contribution in [3.05, 3.63) is 32.8 Å². The normalized spacial score (nSPS) is 14.1. The van der Waals surface area contributed by atoms with Crippen molar-refractivity contribution in [2.45, 2.75) is 38.0 Å². The predicted molar refractivity (Wildman–Crippen MR) is 80.1 cm³/mol. The van der Waals surface area contributed by atoms with E-state index in [1.165, 1.54) is 35.6 Å². The fourth-order valence-corrected chi connectivity index (χ4v) is 4.85. The molecular formula is C13H15N3O4S2. The Labute approximate surface area is 131 Å². The van der Waals surface area contributed by atoms with E-state index >= 15 is 0 Å². The van der Waals surface area contributed by atoms with Gasteiger partial charge in [-0.1, -0.05) is 5.16 Å². The number of aryl methyl sites for hydroxylation is 4. The Morgan fingerprint density at radius 3 is 2.77 bits per heavy atom. The molecule has 1 aliphatic carbocycles. The van der Waals surface area contributed by atoms with E-state index in [9.17, 15) is 13.2 Å². The second kappa shape index (κ2) is 5.49. The highest BCUT2D eigenvalue weighted by Crippen LogP contribution is 2.30. The van der Waals surface area contributed by atoms with Gasteiger partial charge in [-0.25, -0.2) is 8.42 Å². The van der Waals surface area contributed by atoms with E-state index < -0.39 is 15.9 Å². The number of nitrogens with zero attached hydrogens (tertiary/aromatic N) is 1. The van der Waals surface area contributed by atoms with Crippen molar-refractivity contribution in [2.24, 2.45) is 0 Å². The van der Waals surface area contributed by atoms with Crippen LogP contribution in [0.15, 0.2) is 15.5 Å². The Hall–Kier alpha value is -1.71. The number of hydrazine groups is 1. The molecule has 0 aromatic carbocycles. The lowest BCUT2D eigenvalue weighted by molar-refractivity contribution is 0.0949. The molecule has 0 spiro atoms. The first kappa shape index (κ1) is 15.2. The summed E-state index contributed by atoms with van der Waals surface area (Å²) in [6.07, 6.45) is 3.07. The van der Waals surface area contributed by atoms with Gasteiger partial charge in [-0.2, -0.15) is 0 Å². The first-order chi connectivity index (χ1) is 10.4. The van der Waals surface area contributed by atoms with E-state index in [4.69, 9.17) is 4.52 Å². The summed E-state index contributed by atoms with van der Waals surface area (Å²) in [7, 11) is -3.91. The number of amides is 1. The van der Waals surface area contributed by atoms with Crippen LogP contribution in [0.5, 0.6) is 0 Å². The molecule has 0 radical (unpaired) electrons. The maximum Gasteiger partial charge on any atom is 0.276 e. The van der Waals surface area contributed by atoms with Gasteiger partial charge >= 0.3 is 0 Å². The molecule has 118 valence electrons. The van der Waals surface area contributed by atoms with Crippen LogP contribution in [0.1, 0.15) is 38.0 Å². The highest BCUT2D eigenvalue weighted by Gasteiger charge is 2.25. The molecule has 2 N–H and O–H groups in total. The van der Waals surface area contributed by atoms with E-state index in [-0.39, 0.29) is 16.3 Å². The van der Waals surface area contributed by atoms with Crippen LogP contribution in [-0.4, -0.2) is 19.5 Å². The molecule has 0 aliphatic heterocycles. The Morgan fingerprint density at radius 1 is 1.36 bits per heavy atom. The number of thiophene rings is 1. The monoisotopic (exact) mass is 341 g/mol. The molecule has 1 amide bonds. The summed E-state index contributed by atoms with van der Waals surface area (Å²) < 4.78 is 29.2. The van der Waals surface area contributed by atoms with E-state index in [0.717, 1.165) is 19.3 Å². The molecule has 2 aromatic rings. The van der Waals surface area contributed by atoms with Gasteiger partial charge in [0.2, 0.25) is 0 Å². The molecule has 0 saturated heterocycles. The van der Waals surface area contributed by atoms with Crippen LogP contribution in [0.3, 0.4) is 0 Å². The van der Waals surface area contributed by atoms with Crippen LogP contribution >= 0.6 is 11.3 Å². The number of rotatable bonds is 4. The lowest BCUT2D eigenvalue weighted by Crippen LogP contribution is -2.41. The van der Waals surface area contributed by atoms with Crippen molar-refractivity contribution in [3.63, 3.8) is 0 Å². The molecule has 0 atom stereocenters. The fourth-order valence-electron chi connectivity index (χ4n) is 2.53. The van der Waals surface area contributed by atoms with Gasteiger partial charge in [-0.3, -0.25) is 10.2 Å². The standard InChI is InChI=1S/C13H15N3O4S2/c1-7-12(8(2)20-15-7)22(18,19)16-14-13(17)11-6-9-4-3-5-10(9)21-11/h6,16H,3-5H2,1-2H3,(H,14,17). The lowest BCUT2D eigenvalue weighted by atomic mass is 10.2. The molecule has 7 nitrogen and oxygen atoms in total. The van der Waals surface area contributed by atoms with Gasteiger partial charge in [0.15, 0.2) is 5.76 Å². The zero-order valence-electron chi connectivity index (χ0n) is 12.1. The quantitative estimate of drug-likeness (QED) is 0.820. The average Bonchev–Trinajstić information content (AvgIpc) is 3.10. The van der Waals surface area contributed by atoms with Crippen molar-refractivity contribution in [2.75, 3.05) is 0 Å². The van der Waals surface area contributed by atoms with Crippen molar-refractivity contribution < 1.29 is 17.7 Å². The van der Waals surface area contributed by atoms with E-state index in [1.807, 2.05) is 6.07 Å². The first-order valence-electron chi connectivity index (χ1n) is 6.75. The molecule has 9 heteroatoms. The van der Waals surface area contributed by atoms with Gasteiger partial charge in [0.1, 0.15) is 10.6 Å². The number of aromatic nitrogens is 1. The van der Waals surface area contributed by atoms with Crippen LogP contribution in [0.2, 0.25) is 0 Å². The number of nitrogens with one attached hydrogen (secondary N) is 2. The smallest absolute Gasteiger partial charge is 0.276 e. The van der Waals surface area contributed by atoms with Crippen LogP contribution in [0, 0.1) is 13.8 Å². The molecule has 3 rings (SSSR count). The van der Waals surface area contributed by atoms with E-state index in [2.05, 4.69) is 15.4 Å². The third-order valence-electron chi connectivity index (χ3n) is 3.51. The molecule has 0 fully saturated rings. The Morgan fingerprint density at radius 2 is 2.14 bits per heavy atom. The van der Waals surface area contributed by atoms with Crippen molar-refractivity contribution in [3.8, 4) is 0 Å². The van der Waals surface area contributed by atoms with Gasteiger partial charge in [0, 0.05) is 4.88 Å². The summed E-state index contributed by atoms with van der Waals surface area (Å²) in [6.45, 7) is 3.02. The van der Waals surface area contributed by atoms with Crippen molar-refractivity contribution >= 4 is 27.3 Å². The largest absolute Gasteiger partial charge is 0.360 e. The van der Waals surface area contributed by atoms with Gasteiger partial charge < -0.3 is 4.52 Å². The molecule has 0 saturated carbocycles. The number of hydrogen-bond donors (Lipinski definition) is 2. The maximum absolute atomic E-state index is 12.2. The second-order valence-corrected chi connectivity index (χ2v) is 7.88. The van der Waals surface area contributed by atoms with Crippen LogP contribution in [0.25, 0.3) is 0 Å².